The van der Waals surface area contributed by atoms with Gasteiger partial charge < -0.3 is 15.4 Å². The van der Waals surface area contributed by atoms with Gasteiger partial charge in [0.05, 0.1) is 18.1 Å². The predicted octanol–water partition coefficient (Wildman–Crippen LogP) is 2.22. The summed E-state index contributed by atoms with van der Waals surface area (Å²) in [5, 5.41) is 5.92. The van der Waals surface area contributed by atoms with Crippen LogP contribution in [0.1, 0.15) is 37.4 Å². The lowest BCUT2D eigenvalue weighted by molar-refractivity contribution is -0.198. The number of rotatable bonds is 10. The van der Waals surface area contributed by atoms with Gasteiger partial charge in [0.15, 0.2) is 6.29 Å². The lowest BCUT2D eigenvalue weighted by Gasteiger charge is -2.21. The van der Waals surface area contributed by atoms with Gasteiger partial charge in [-0.15, -0.1) is 0 Å². The SMILES string of the molecule is C[C@@H](Nc1cnc(/C=C/C(=O)NOC2CCCCO2)cn1)C(=O)NCCc1ccccc1. The minimum absolute atomic E-state index is 0.120. The second-order valence-corrected chi connectivity index (χ2v) is 7.43. The fourth-order valence-corrected chi connectivity index (χ4v) is 3.04. The third-order valence-corrected chi connectivity index (χ3v) is 4.82. The number of carbonyl (C=O) groups excluding carboxylic acids is 2. The van der Waals surface area contributed by atoms with E-state index in [4.69, 9.17) is 9.57 Å². The summed E-state index contributed by atoms with van der Waals surface area (Å²) in [6, 6.07) is 9.51. The van der Waals surface area contributed by atoms with Crippen molar-refractivity contribution in [1.82, 2.24) is 20.8 Å². The first-order valence-electron chi connectivity index (χ1n) is 10.8. The molecule has 1 unspecified atom stereocenters. The molecule has 1 fully saturated rings. The molecule has 2 aromatic rings. The van der Waals surface area contributed by atoms with Crippen LogP contribution < -0.4 is 16.1 Å². The molecule has 0 saturated carbocycles. The molecule has 2 heterocycles. The van der Waals surface area contributed by atoms with E-state index in [2.05, 4.69) is 26.1 Å². The number of hydrogen-bond acceptors (Lipinski definition) is 7. The van der Waals surface area contributed by atoms with E-state index < -0.39 is 18.2 Å². The number of nitrogens with one attached hydrogen (secondary N) is 3. The van der Waals surface area contributed by atoms with Crippen molar-refractivity contribution in [2.45, 2.75) is 44.9 Å². The van der Waals surface area contributed by atoms with Gasteiger partial charge in [-0.05, 0) is 37.8 Å². The van der Waals surface area contributed by atoms with E-state index in [1.807, 2.05) is 30.3 Å². The molecule has 32 heavy (non-hydrogen) atoms. The molecule has 9 nitrogen and oxygen atoms in total. The standard InChI is InChI=1S/C23H29N5O4/c1-17(23(30)24-13-12-18-7-3-2-4-8-18)27-20-16-25-19(15-26-20)10-11-21(29)28-32-22-9-5-6-14-31-22/h2-4,7-8,10-11,15-17,22H,5-6,9,12-14H2,1H3,(H,24,30)(H,26,27)(H,28,29)/b11-10+/t17-,22?/m1/s1. The van der Waals surface area contributed by atoms with E-state index >= 15 is 0 Å². The maximum atomic E-state index is 12.3. The molecule has 0 radical (unpaired) electrons. The molecule has 9 heteroatoms. The maximum absolute atomic E-state index is 12.3. The van der Waals surface area contributed by atoms with E-state index in [0.717, 1.165) is 25.7 Å². The second kappa shape index (κ2) is 12.5. The Bertz CT molecular complexity index is 883. The molecule has 1 aromatic heterocycles. The van der Waals surface area contributed by atoms with Crippen molar-refractivity contribution in [2.24, 2.45) is 0 Å². The zero-order valence-corrected chi connectivity index (χ0v) is 18.1. The fourth-order valence-electron chi connectivity index (χ4n) is 3.04. The second-order valence-electron chi connectivity index (χ2n) is 7.43. The van der Waals surface area contributed by atoms with Gasteiger partial charge in [0, 0.05) is 25.6 Å². The molecular weight excluding hydrogens is 410 g/mol. The van der Waals surface area contributed by atoms with Gasteiger partial charge in [-0.2, -0.15) is 0 Å². The largest absolute Gasteiger partial charge is 0.357 e. The van der Waals surface area contributed by atoms with E-state index in [0.29, 0.717) is 24.7 Å². The van der Waals surface area contributed by atoms with Gasteiger partial charge in [0.1, 0.15) is 11.9 Å². The van der Waals surface area contributed by atoms with Crippen molar-refractivity contribution >= 4 is 23.7 Å². The first-order valence-corrected chi connectivity index (χ1v) is 10.8. The van der Waals surface area contributed by atoms with Gasteiger partial charge in [0.2, 0.25) is 5.91 Å². The minimum Gasteiger partial charge on any atom is -0.357 e. The van der Waals surface area contributed by atoms with Crippen molar-refractivity contribution in [3.8, 4) is 0 Å². The summed E-state index contributed by atoms with van der Waals surface area (Å²) in [5.74, 6) is -0.0654. The number of amides is 2. The Morgan fingerprint density at radius 2 is 2.06 bits per heavy atom. The van der Waals surface area contributed by atoms with Gasteiger partial charge in [-0.3, -0.25) is 14.6 Å². The van der Waals surface area contributed by atoms with Crippen LogP contribution in [-0.4, -0.2) is 47.3 Å². The number of hydrogen-bond donors (Lipinski definition) is 3. The average molecular weight is 440 g/mol. The summed E-state index contributed by atoms with van der Waals surface area (Å²) in [5.41, 5.74) is 4.02. The number of hydroxylamine groups is 1. The maximum Gasteiger partial charge on any atom is 0.267 e. The first-order chi connectivity index (χ1) is 15.6. The van der Waals surface area contributed by atoms with Crippen LogP contribution in [0.25, 0.3) is 6.08 Å². The van der Waals surface area contributed by atoms with Crippen LogP contribution in [0.2, 0.25) is 0 Å². The predicted molar refractivity (Wildman–Crippen MR) is 120 cm³/mol. The van der Waals surface area contributed by atoms with E-state index in [1.54, 1.807) is 6.92 Å². The van der Waals surface area contributed by atoms with Gasteiger partial charge in [-0.1, -0.05) is 30.3 Å². The smallest absolute Gasteiger partial charge is 0.267 e. The summed E-state index contributed by atoms with van der Waals surface area (Å²) in [6.45, 7) is 2.96. The van der Waals surface area contributed by atoms with E-state index in [1.165, 1.54) is 30.1 Å². The quantitative estimate of drug-likeness (QED) is 0.384. The number of ether oxygens (including phenoxy) is 1. The summed E-state index contributed by atoms with van der Waals surface area (Å²) < 4.78 is 5.38. The van der Waals surface area contributed by atoms with Gasteiger partial charge >= 0.3 is 0 Å². The van der Waals surface area contributed by atoms with Crippen LogP contribution in [0.3, 0.4) is 0 Å². The Morgan fingerprint density at radius 3 is 2.78 bits per heavy atom. The van der Waals surface area contributed by atoms with Crippen LogP contribution in [0.15, 0.2) is 48.8 Å². The molecule has 0 aliphatic carbocycles. The lowest BCUT2D eigenvalue weighted by atomic mass is 10.1. The zero-order valence-electron chi connectivity index (χ0n) is 18.1. The molecule has 3 rings (SSSR count). The summed E-state index contributed by atoms with van der Waals surface area (Å²) in [7, 11) is 0. The molecule has 1 aliphatic rings. The van der Waals surface area contributed by atoms with Crippen LogP contribution in [-0.2, 0) is 25.6 Å². The third-order valence-electron chi connectivity index (χ3n) is 4.82. The molecular formula is C23H29N5O4. The number of anilines is 1. The van der Waals surface area contributed by atoms with Crippen LogP contribution in [0.5, 0.6) is 0 Å². The Morgan fingerprint density at radius 1 is 1.22 bits per heavy atom. The van der Waals surface area contributed by atoms with E-state index in [-0.39, 0.29) is 5.91 Å². The number of benzene rings is 1. The topological polar surface area (TPSA) is 114 Å². The summed E-state index contributed by atoms with van der Waals surface area (Å²) in [6.07, 6.45) is 9.01. The number of carbonyl (C=O) groups is 2. The first kappa shape index (κ1) is 23.4. The Hall–Kier alpha value is -3.30. The molecule has 0 spiro atoms. The van der Waals surface area contributed by atoms with Crippen molar-refractivity contribution in [2.75, 3.05) is 18.5 Å². The molecule has 170 valence electrons. The fraction of sp³-hybridized carbons (Fsp3) is 0.391. The Labute approximate surface area is 187 Å². The highest BCUT2D eigenvalue weighted by atomic mass is 16.8. The molecule has 1 aliphatic heterocycles. The molecule has 1 aromatic carbocycles. The summed E-state index contributed by atoms with van der Waals surface area (Å²) in [4.78, 5) is 37.8. The molecule has 1 saturated heterocycles. The van der Waals surface area contributed by atoms with Gasteiger partial charge in [0.25, 0.3) is 5.91 Å². The summed E-state index contributed by atoms with van der Waals surface area (Å²) >= 11 is 0. The van der Waals surface area contributed by atoms with Crippen LogP contribution >= 0.6 is 0 Å². The van der Waals surface area contributed by atoms with Crippen LogP contribution in [0, 0.1) is 0 Å². The molecule has 2 amide bonds. The lowest BCUT2D eigenvalue weighted by Crippen LogP contribution is -2.38. The van der Waals surface area contributed by atoms with Crippen molar-refractivity contribution in [3.05, 3.63) is 60.1 Å². The number of nitrogens with zero attached hydrogens (tertiary/aromatic N) is 2. The molecule has 2 atom stereocenters. The number of aromatic nitrogens is 2. The highest BCUT2D eigenvalue weighted by Crippen LogP contribution is 2.12. The van der Waals surface area contributed by atoms with E-state index in [9.17, 15) is 9.59 Å². The normalized spacial score (nSPS) is 17.0. The van der Waals surface area contributed by atoms with Crippen molar-refractivity contribution < 1.29 is 19.2 Å². The van der Waals surface area contributed by atoms with Crippen molar-refractivity contribution in [1.29, 1.82) is 0 Å². The monoisotopic (exact) mass is 439 g/mol. The van der Waals surface area contributed by atoms with Crippen molar-refractivity contribution in [3.63, 3.8) is 0 Å². The molecule has 3 N–H and O–H groups in total. The highest BCUT2D eigenvalue weighted by molar-refractivity contribution is 5.90. The Balaban J connectivity index is 1.37. The van der Waals surface area contributed by atoms with Gasteiger partial charge in [-0.25, -0.2) is 15.3 Å². The van der Waals surface area contributed by atoms with Crippen LogP contribution in [0.4, 0.5) is 5.82 Å². The zero-order chi connectivity index (χ0) is 22.6. The third kappa shape index (κ3) is 8.09. The molecule has 0 bridgehead atoms. The minimum atomic E-state index is -0.466. The average Bonchev–Trinajstić information content (AvgIpc) is 2.83. The Kier molecular flexibility index (Phi) is 9.15. The highest BCUT2D eigenvalue weighted by Gasteiger charge is 2.15.